The van der Waals surface area contributed by atoms with Gasteiger partial charge in [-0.2, -0.15) is 5.10 Å². The molecule has 28 heavy (non-hydrogen) atoms. The van der Waals surface area contributed by atoms with Crippen LogP contribution < -0.4 is 5.32 Å². The highest BCUT2D eigenvalue weighted by Crippen LogP contribution is 2.66. The molecular weight excluding hydrogens is 350 g/mol. The van der Waals surface area contributed by atoms with Crippen LogP contribution in [0.1, 0.15) is 25.7 Å². The molecule has 2 saturated carbocycles. The van der Waals surface area contributed by atoms with E-state index in [0.29, 0.717) is 23.9 Å². The van der Waals surface area contributed by atoms with Crippen molar-refractivity contribution >= 4 is 22.5 Å². The van der Waals surface area contributed by atoms with E-state index in [2.05, 4.69) is 38.5 Å². The number of likely N-dealkylation sites (tertiary alicyclic amines) is 1. The lowest BCUT2D eigenvalue weighted by Crippen LogP contribution is -2.39. The summed E-state index contributed by atoms with van der Waals surface area (Å²) in [7, 11) is 1.91. The second kappa shape index (κ2) is 5.64. The smallest absolute Gasteiger partial charge is 0.239 e. The Morgan fingerprint density at radius 2 is 2.11 bits per heavy atom. The monoisotopic (exact) mass is 373 g/mol. The number of hydrogen-bond donors (Lipinski definition) is 1. The molecule has 3 heterocycles. The Morgan fingerprint density at radius 3 is 2.86 bits per heavy atom. The maximum atomic E-state index is 12.6. The third kappa shape index (κ3) is 2.27. The number of carbonyl (C=O) groups excluding carboxylic acids is 1. The molecule has 2 aromatic heterocycles. The summed E-state index contributed by atoms with van der Waals surface area (Å²) >= 11 is 0. The fourth-order valence-electron chi connectivity index (χ4n) is 5.65. The zero-order chi connectivity index (χ0) is 18.9. The molecule has 6 heteroatoms. The number of fused-ring (bicyclic) bond motifs is 1. The summed E-state index contributed by atoms with van der Waals surface area (Å²) in [6.07, 6.45) is 10.9. The van der Waals surface area contributed by atoms with Crippen LogP contribution in [0.15, 0.2) is 42.9 Å². The number of amides is 1. The van der Waals surface area contributed by atoms with Gasteiger partial charge in [-0.05, 0) is 54.7 Å². The number of nitrogens with zero attached hydrogens (tertiary/aromatic N) is 4. The van der Waals surface area contributed by atoms with Gasteiger partial charge in [-0.1, -0.05) is 12.1 Å². The van der Waals surface area contributed by atoms with Crippen LogP contribution in [0.3, 0.4) is 0 Å². The summed E-state index contributed by atoms with van der Waals surface area (Å²) in [5, 5.41) is 9.37. The number of anilines is 1. The maximum Gasteiger partial charge on any atom is 0.239 e. The number of aryl methyl sites for hydroxylation is 1. The van der Waals surface area contributed by atoms with E-state index < -0.39 is 0 Å². The van der Waals surface area contributed by atoms with Crippen molar-refractivity contribution in [2.45, 2.75) is 37.3 Å². The third-order valence-corrected chi connectivity index (χ3v) is 7.15. The van der Waals surface area contributed by atoms with Crippen molar-refractivity contribution in [3.63, 3.8) is 0 Å². The first-order chi connectivity index (χ1) is 13.6. The normalized spacial score (nSPS) is 29.8. The van der Waals surface area contributed by atoms with Gasteiger partial charge < -0.3 is 5.32 Å². The SMILES string of the molecule is Cn1cc(-c2ccc3cnc(NC(=O)CN4C5CCC6CCC654)cc3c2)cn1. The average molecular weight is 373 g/mol. The molecule has 4 atom stereocenters. The van der Waals surface area contributed by atoms with Gasteiger partial charge in [0.15, 0.2) is 0 Å². The molecular formula is C22H23N5O. The lowest BCUT2D eigenvalue weighted by Gasteiger charge is -2.35. The van der Waals surface area contributed by atoms with Gasteiger partial charge in [0, 0.05) is 42.0 Å². The van der Waals surface area contributed by atoms with Crippen LogP contribution in [-0.4, -0.2) is 43.7 Å². The van der Waals surface area contributed by atoms with Gasteiger partial charge in [0.25, 0.3) is 0 Å². The van der Waals surface area contributed by atoms with Crippen LogP contribution in [0.25, 0.3) is 21.9 Å². The van der Waals surface area contributed by atoms with Crippen molar-refractivity contribution in [1.82, 2.24) is 19.7 Å². The highest BCUT2D eigenvalue weighted by atomic mass is 16.2. The lowest BCUT2D eigenvalue weighted by molar-refractivity contribution is -0.117. The summed E-state index contributed by atoms with van der Waals surface area (Å²) in [6, 6.07) is 8.87. The third-order valence-electron chi connectivity index (χ3n) is 7.15. The van der Waals surface area contributed by atoms with Crippen LogP contribution in [0.5, 0.6) is 0 Å². The summed E-state index contributed by atoms with van der Waals surface area (Å²) < 4.78 is 1.80. The molecule has 3 fully saturated rings. The summed E-state index contributed by atoms with van der Waals surface area (Å²) in [5.41, 5.74) is 2.58. The summed E-state index contributed by atoms with van der Waals surface area (Å²) in [5.74, 6) is 1.51. The van der Waals surface area contributed by atoms with Gasteiger partial charge in [0.2, 0.25) is 5.91 Å². The molecule has 1 aromatic carbocycles. The number of carbonyl (C=O) groups is 1. The van der Waals surface area contributed by atoms with Gasteiger partial charge in [-0.3, -0.25) is 14.4 Å². The van der Waals surface area contributed by atoms with Crippen molar-refractivity contribution in [3.05, 3.63) is 42.9 Å². The molecule has 6 rings (SSSR count). The van der Waals surface area contributed by atoms with E-state index in [1.54, 1.807) is 4.68 Å². The average Bonchev–Trinajstić information content (AvgIpc) is 2.95. The van der Waals surface area contributed by atoms with E-state index in [1.807, 2.05) is 31.7 Å². The molecule has 1 N–H and O–H groups in total. The Kier molecular flexibility index (Phi) is 3.27. The Morgan fingerprint density at radius 1 is 1.18 bits per heavy atom. The number of benzene rings is 1. The quantitative estimate of drug-likeness (QED) is 0.714. The molecule has 1 saturated heterocycles. The standard InChI is InChI=1S/C22H23N5O/c1-26-12-17(11-24-26)14-2-3-15-10-23-20(9-16(15)8-14)25-21(28)13-27-19-5-4-18-6-7-22(18,19)27/h2-3,8-12,18-19H,4-7,13H2,1H3,(H,23,25,28). The molecule has 6 nitrogen and oxygen atoms in total. The van der Waals surface area contributed by atoms with Gasteiger partial charge in [0.1, 0.15) is 5.82 Å². The first kappa shape index (κ1) is 16.2. The Bertz CT molecular complexity index is 1110. The second-order valence-corrected chi connectivity index (χ2v) is 8.53. The number of aromatic nitrogens is 3. The Balaban J connectivity index is 1.20. The van der Waals surface area contributed by atoms with Crippen molar-refractivity contribution < 1.29 is 4.79 Å². The Hall–Kier alpha value is -2.73. The molecule has 0 bridgehead atoms. The Labute approximate surface area is 163 Å². The largest absolute Gasteiger partial charge is 0.310 e. The highest BCUT2D eigenvalue weighted by molar-refractivity contribution is 5.95. The zero-order valence-corrected chi connectivity index (χ0v) is 15.9. The highest BCUT2D eigenvalue weighted by Gasteiger charge is 2.73. The second-order valence-electron chi connectivity index (χ2n) is 8.53. The fraction of sp³-hybridized carbons (Fsp3) is 0.409. The van der Waals surface area contributed by atoms with E-state index in [-0.39, 0.29) is 5.91 Å². The van der Waals surface area contributed by atoms with E-state index in [0.717, 1.165) is 27.8 Å². The van der Waals surface area contributed by atoms with Crippen LogP contribution in [0.4, 0.5) is 5.82 Å². The van der Waals surface area contributed by atoms with Gasteiger partial charge in [0.05, 0.1) is 12.7 Å². The molecule has 0 radical (unpaired) electrons. The van der Waals surface area contributed by atoms with E-state index in [1.165, 1.54) is 25.7 Å². The van der Waals surface area contributed by atoms with Crippen LogP contribution in [0.2, 0.25) is 0 Å². The predicted molar refractivity (Wildman–Crippen MR) is 108 cm³/mol. The number of rotatable bonds is 4. The first-order valence-electron chi connectivity index (χ1n) is 10.1. The van der Waals surface area contributed by atoms with Gasteiger partial charge in [-0.25, -0.2) is 4.98 Å². The number of piperidine rings is 1. The van der Waals surface area contributed by atoms with Crippen molar-refractivity contribution in [3.8, 4) is 11.1 Å². The van der Waals surface area contributed by atoms with Crippen LogP contribution >= 0.6 is 0 Å². The molecule has 2 aliphatic carbocycles. The van der Waals surface area contributed by atoms with Crippen molar-refractivity contribution in [2.24, 2.45) is 13.0 Å². The molecule has 1 aliphatic heterocycles. The van der Waals surface area contributed by atoms with E-state index >= 15 is 0 Å². The number of nitrogens with one attached hydrogen (secondary N) is 1. The van der Waals surface area contributed by atoms with Crippen LogP contribution in [-0.2, 0) is 11.8 Å². The number of hydrogen-bond acceptors (Lipinski definition) is 4. The van der Waals surface area contributed by atoms with Gasteiger partial charge in [-0.15, -0.1) is 0 Å². The van der Waals surface area contributed by atoms with Crippen LogP contribution in [0, 0.1) is 5.92 Å². The van der Waals surface area contributed by atoms with Crippen molar-refractivity contribution in [2.75, 3.05) is 11.9 Å². The van der Waals surface area contributed by atoms with Gasteiger partial charge >= 0.3 is 0 Å². The first-order valence-corrected chi connectivity index (χ1v) is 10.1. The minimum absolute atomic E-state index is 0.0460. The van der Waals surface area contributed by atoms with E-state index in [9.17, 15) is 4.79 Å². The molecule has 3 aliphatic rings. The lowest BCUT2D eigenvalue weighted by atomic mass is 9.74. The zero-order valence-electron chi connectivity index (χ0n) is 15.9. The maximum absolute atomic E-state index is 12.6. The number of pyridine rings is 1. The minimum atomic E-state index is 0.0460. The molecule has 3 aromatic rings. The molecule has 1 spiro atoms. The molecule has 142 valence electrons. The van der Waals surface area contributed by atoms with E-state index in [4.69, 9.17) is 0 Å². The molecule has 1 amide bonds. The topological polar surface area (TPSA) is 62.8 Å². The predicted octanol–water partition coefficient (Wildman–Crippen LogP) is 3.20. The summed E-state index contributed by atoms with van der Waals surface area (Å²) in [6.45, 7) is 0.497. The van der Waals surface area contributed by atoms with Crippen molar-refractivity contribution in [1.29, 1.82) is 0 Å². The fourth-order valence-corrected chi connectivity index (χ4v) is 5.65. The molecule has 4 unspecified atom stereocenters. The minimum Gasteiger partial charge on any atom is -0.310 e. The summed E-state index contributed by atoms with van der Waals surface area (Å²) in [4.78, 5) is 19.4.